The zero-order valence-corrected chi connectivity index (χ0v) is 12.0. The molecule has 1 aromatic rings. The van der Waals surface area contributed by atoms with Crippen molar-refractivity contribution < 1.29 is 14.3 Å². The zero-order valence-electron chi connectivity index (χ0n) is 11.3. The van der Waals surface area contributed by atoms with Crippen LogP contribution in [0.5, 0.6) is 0 Å². The lowest BCUT2D eigenvalue weighted by Crippen LogP contribution is -2.42. The van der Waals surface area contributed by atoms with Gasteiger partial charge in [-0.2, -0.15) is 0 Å². The second-order valence-electron chi connectivity index (χ2n) is 4.85. The summed E-state index contributed by atoms with van der Waals surface area (Å²) >= 11 is 5.84. The van der Waals surface area contributed by atoms with Crippen LogP contribution in [0.1, 0.15) is 23.2 Å². The van der Waals surface area contributed by atoms with Crippen LogP contribution in [0.3, 0.4) is 0 Å². The Hall–Kier alpha value is -1.75. The molecule has 5 nitrogen and oxygen atoms in total. The SMILES string of the molecule is COC(=O)C1CCCN(C(=O)c2ccc(Cl)c(N)c2)C1. The second-order valence-corrected chi connectivity index (χ2v) is 5.26. The highest BCUT2D eigenvalue weighted by Gasteiger charge is 2.29. The molecule has 1 unspecified atom stereocenters. The summed E-state index contributed by atoms with van der Waals surface area (Å²) in [5, 5.41) is 0.424. The van der Waals surface area contributed by atoms with Gasteiger partial charge in [0.2, 0.25) is 0 Å². The Morgan fingerprint density at radius 2 is 2.20 bits per heavy atom. The number of nitrogens with zero attached hydrogens (tertiary/aromatic N) is 1. The molecule has 108 valence electrons. The number of anilines is 1. The van der Waals surface area contributed by atoms with E-state index in [0.717, 1.165) is 12.8 Å². The Bertz CT molecular complexity index is 533. The Morgan fingerprint density at radius 3 is 2.85 bits per heavy atom. The minimum atomic E-state index is -0.266. The van der Waals surface area contributed by atoms with E-state index in [4.69, 9.17) is 22.1 Å². The molecule has 0 aromatic heterocycles. The number of benzene rings is 1. The number of esters is 1. The molecule has 0 saturated carbocycles. The number of hydrogen-bond acceptors (Lipinski definition) is 4. The third kappa shape index (κ3) is 3.04. The van der Waals surface area contributed by atoms with Crippen LogP contribution in [0.2, 0.25) is 5.02 Å². The Morgan fingerprint density at radius 1 is 1.45 bits per heavy atom. The molecule has 1 amide bonds. The first kappa shape index (κ1) is 14.7. The molecule has 1 aliphatic rings. The molecule has 1 saturated heterocycles. The molecular formula is C14H17ClN2O3. The fourth-order valence-corrected chi connectivity index (χ4v) is 2.50. The number of hydrogen-bond donors (Lipinski definition) is 1. The standard InChI is InChI=1S/C14H17ClN2O3/c1-20-14(19)10-3-2-6-17(8-10)13(18)9-4-5-11(15)12(16)7-9/h4-5,7,10H,2-3,6,8,16H2,1H3. The molecule has 0 bridgehead atoms. The van der Waals surface area contributed by atoms with E-state index < -0.39 is 0 Å². The number of rotatable bonds is 2. The average Bonchev–Trinajstić information content (AvgIpc) is 2.48. The van der Waals surface area contributed by atoms with Gasteiger partial charge in [-0.3, -0.25) is 9.59 Å². The summed E-state index contributed by atoms with van der Waals surface area (Å²) in [7, 11) is 1.36. The Kier molecular flexibility index (Phi) is 4.49. The van der Waals surface area contributed by atoms with Crippen molar-refractivity contribution in [2.45, 2.75) is 12.8 Å². The van der Waals surface area contributed by atoms with E-state index in [0.29, 0.717) is 29.4 Å². The molecule has 1 aliphatic heterocycles. The number of likely N-dealkylation sites (tertiary alicyclic amines) is 1. The number of carbonyl (C=O) groups is 2. The van der Waals surface area contributed by atoms with Gasteiger partial charge in [-0.05, 0) is 31.0 Å². The predicted octanol–water partition coefficient (Wildman–Crippen LogP) is 1.95. The topological polar surface area (TPSA) is 72.6 Å². The van der Waals surface area contributed by atoms with Gasteiger partial charge in [0.25, 0.3) is 5.91 Å². The highest BCUT2D eigenvalue weighted by Crippen LogP contribution is 2.23. The molecule has 0 aliphatic carbocycles. The molecule has 1 fully saturated rings. The van der Waals surface area contributed by atoms with Crippen molar-refractivity contribution >= 4 is 29.2 Å². The van der Waals surface area contributed by atoms with Gasteiger partial charge in [-0.25, -0.2) is 0 Å². The smallest absolute Gasteiger partial charge is 0.310 e. The Balaban J connectivity index is 2.12. The number of nitrogen functional groups attached to an aromatic ring is 1. The van der Waals surface area contributed by atoms with Crippen LogP contribution in [0, 0.1) is 5.92 Å². The quantitative estimate of drug-likeness (QED) is 0.669. The molecule has 2 N–H and O–H groups in total. The maximum atomic E-state index is 12.4. The van der Waals surface area contributed by atoms with Gasteiger partial charge in [0.15, 0.2) is 0 Å². The lowest BCUT2D eigenvalue weighted by atomic mass is 9.97. The van der Waals surface area contributed by atoms with Crippen LogP contribution < -0.4 is 5.73 Å². The largest absolute Gasteiger partial charge is 0.469 e. The first-order valence-corrected chi connectivity index (χ1v) is 6.83. The maximum absolute atomic E-state index is 12.4. The molecule has 1 aromatic carbocycles. The maximum Gasteiger partial charge on any atom is 0.310 e. The van der Waals surface area contributed by atoms with Crippen LogP contribution in [0.15, 0.2) is 18.2 Å². The minimum Gasteiger partial charge on any atom is -0.469 e. The molecule has 6 heteroatoms. The number of piperidine rings is 1. The summed E-state index contributed by atoms with van der Waals surface area (Å²) in [5.74, 6) is -0.651. The van der Waals surface area contributed by atoms with Gasteiger partial charge in [0, 0.05) is 18.7 Å². The van der Waals surface area contributed by atoms with Crippen molar-refractivity contribution in [2.24, 2.45) is 5.92 Å². The lowest BCUT2D eigenvalue weighted by molar-refractivity contribution is -0.146. The molecule has 20 heavy (non-hydrogen) atoms. The summed E-state index contributed by atoms with van der Waals surface area (Å²) in [6, 6.07) is 4.81. The molecule has 0 radical (unpaired) electrons. The number of nitrogens with two attached hydrogens (primary N) is 1. The first-order valence-electron chi connectivity index (χ1n) is 6.45. The van der Waals surface area contributed by atoms with E-state index in [1.54, 1.807) is 23.1 Å². The molecule has 1 atom stereocenters. The summed E-state index contributed by atoms with van der Waals surface area (Å²) in [6.45, 7) is 1.02. The van der Waals surface area contributed by atoms with Crippen LogP contribution in [-0.4, -0.2) is 37.0 Å². The van der Waals surface area contributed by atoms with E-state index in [2.05, 4.69) is 0 Å². The molecular weight excluding hydrogens is 280 g/mol. The summed E-state index contributed by atoms with van der Waals surface area (Å²) in [6.07, 6.45) is 1.54. The van der Waals surface area contributed by atoms with Crippen LogP contribution in [0.4, 0.5) is 5.69 Å². The van der Waals surface area contributed by atoms with Crippen molar-refractivity contribution in [1.29, 1.82) is 0 Å². The fourth-order valence-electron chi connectivity index (χ4n) is 2.38. The number of ether oxygens (including phenoxy) is 1. The van der Waals surface area contributed by atoms with E-state index >= 15 is 0 Å². The Labute approximate surface area is 122 Å². The fraction of sp³-hybridized carbons (Fsp3) is 0.429. The third-order valence-corrected chi connectivity index (χ3v) is 3.83. The molecule has 2 rings (SSSR count). The zero-order chi connectivity index (χ0) is 14.7. The van der Waals surface area contributed by atoms with Gasteiger partial charge in [0.05, 0.1) is 23.7 Å². The van der Waals surface area contributed by atoms with Gasteiger partial charge < -0.3 is 15.4 Å². The summed E-state index contributed by atoms with van der Waals surface area (Å²) in [5.41, 5.74) is 6.57. The van der Waals surface area contributed by atoms with Gasteiger partial charge in [0.1, 0.15) is 0 Å². The van der Waals surface area contributed by atoms with Gasteiger partial charge >= 0.3 is 5.97 Å². The number of amides is 1. The monoisotopic (exact) mass is 296 g/mol. The number of halogens is 1. The van der Waals surface area contributed by atoms with Crippen LogP contribution in [0.25, 0.3) is 0 Å². The molecule has 0 spiro atoms. The van der Waals surface area contributed by atoms with Crippen LogP contribution >= 0.6 is 11.6 Å². The van der Waals surface area contributed by atoms with Crippen LogP contribution in [-0.2, 0) is 9.53 Å². The minimum absolute atomic E-state index is 0.137. The van der Waals surface area contributed by atoms with E-state index in [-0.39, 0.29) is 17.8 Å². The molecule has 1 heterocycles. The third-order valence-electron chi connectivity index (χ3n) is 3.49. The van der Waals surface area contributed by atoms with Crippen molar-refractivity contribution in [3.8, 4) is 0 Å². The lowest BCUT2D eigenvalue weighted by Gasteiger charge is -2.31. The summed E-state index contributed by atoms with van der Waals surface area (Å²) < 4.78 is 4.74. The van der Waals surface area contributed by atoms with E-state index in [1.807, 2.05) is 0 Å². The first-order chi connectivity index (χ1) is 9.52. The number of methoxy groups -OCH3 is 1. The number of carbonyl (C=O) groups excluding carboxylic acids is 2. The van der Waals surface area contributed by atoms with Crippen molar-refractivity contribution in [3.05, 3.63) is 28.8 Å². The average molecular weight is 297 g/mol. The van der Waals surface area contributed by atoms with Gasteiger partial charge in [-0.15, -0.1) is 0 Å². The van der Waals surface area contributed by atoms with E-state index in [1.165, 1.54) is 7.11 Å². The second kappa shape index (κ2) is 6.13. The van der Waals surface area contributed by atoms with E-state index in [9.17, 15) is 9.59 Å². The highest BCUT2D eigenvalue weighted by atomic mass is 35.5. The van der Waals surface area contributed by atoms with Gasteiger partial charge in [-0.1, -0.05) is 11.6 Å². The summed E-state index contributed by atoms with van der Waals surface area (Å²) in [4.78, 5) is 25.6. The van der Waals surface area contributed by atoms with Crippen molar-refractivity contribution in [1.82, 2.24) is 4.90 Å². The predicted molar refractivity (Wildman–Crippen MR) is 76.5 cm³/mol. The highest BCUT2D eigenvalue weighted by molar-refractivity contribution is 6.33. The van der Waals surface area contributed by atoms with Crippen molar-refractivity contribution in [3.63, 3.8) is 0 Å². The normalized spacial score (nSPS) is 18.7. The van der Waals surface area contributed by atoms with Crippen molar-refractivity contribution in [2.75, 3.05) is 25.9 Å².